The van der Waals surface area contributed by atoms with Crippen LogP contribution >= 0.6 is 11.6 Å². The molecule has 3 rings (SSSR count). The first-order valence-electron chi connectivity index (χ1n) is 9.90. The first-order valence-corrected chi connectivity index (χ1v) is 10.3. The predicted octanol–water partition coefficient (Wildman–Crippen LogP) is 3.31. The van der Waals surface area contributed by atoms with E-state index in [0.717, 1.165) is 24.5 Å². The molecule has 0 atom stereocenters. The van der Waals surface area contributed by atoms with Crippen molar-refractivity contribution in [3.8, 4) is 11.6 Å². The summed E-state index contributed by atoms with van der Waals surface area (Å²) in [7, 11) is 0. The van der Waals surface area contributed by atoms with Crippen LogP contribution in [-0.2, 0) is 4.79 Å². The smallest absolute Gasteiger partial charge is 0.258 e. The minimum absolute atomic E-state index is 0.0627. The number of aromatic nitrogens is 2. The summed E-state index contributed by atoms with van der Waals surface area (Å²) in [6, 6.07) is 7.16. The summed E-state index contributed by atoms with van der Waals surface area (Å²) < 4.78 is 11.2. The molecule has 2 aromatic rings. The second-order valence-corrected chi connectivity index (χ2v) is 7.46. The average Bonchev–Trinajstić information content (AvgIpc) is 2.72. The molecule has 8 heteroatoms. The van der Waals surface area contributed by atoms with Gasteiger partial charge in [-0.25, -0.2) is 4.98 Å². The van der Waals surface area contributed by atoms with E-state index >= 15 is 0 Å². The zero-order chi connectivity index (χ0) is 20.6. The number of carbonyl (C=O) groups is 1. The van der Waals surface area contributed by atoms with Gasteiger partial charge in [-0.1, -0.05) is 11.6 Å². The second kappa shape index (κ2) is 10.3. The predicted molar refractivity (Wildman–Crippen MR) is 113 cm³/mol. The SMILES string of the molecule is Cc1nc(OCCNC(=O)COc2ccc(Cl)c(C)c2)cc(N2CCCCC2)n1. The Morgan fingerprint density at radius 3 is 2.69 bits per heavy atom. The number of halogens is 1. The second-order valence-electron chi connectivity index (χ2n) is 7.06. The number of hydrogen-bond acceptors (Lipinski definition) is 6. The highest BCUT2D eigenvalue weighted by atomic mass is 35.5. The number of carbonyl (C=O) groups excluding carboxylic acids is 1. The molecule has 0 spiro atoms. The molecular weight excluding hydrogens is 392 g/mol. The largest absolute Gasteiger partial charge is 0.484 e. The van der Waals surface area contributed by atoms with Crippen molar-refractivity contribution < 1.29 is 14.3 Å². The van der Waals surface area contributed by atoms with Gasteiger partial charge in [0, 0.05) is 24.2 Å². The number of hydrogen-bond donors (Lipinski definition) is 1. The van der Waals surface area contributed by atoms with Gasteiger partial charge in [0.1, 0.15) is 24.0 Å². The molecule has 1 aromatic carbocycles. The van der Waals surface area contributed by atoms with Crippen LogP contribution in [-0.4, -0.2) is 48.7 Å². The van der Waals surface area contributed by atoms with E-state index in [2.05, 4.69) is 20.2 Å². The van der Waals surface area contributed by atoms with Gasteiger partial charge in [-0.3, -0.25) is 4.79 Å². The van der Waals surface area contributed by atoms with Crippen molar-refractivity contribution >= 4 is 23.3 Å². The molecule has 156 valence electrons. The van der Waals surface area contributed by atoms with E-state index in [-0.39, 0.29) is 12.5 Å². The van der Waals surface area contributed by atoms with Crippen LogP contribution in [0.25, 0.3) is 0 Å². The third-order valence-electron chi connectivity index (χ3n) is 4.65. The quantitative estimate of drug-likeness (QED) is 0.663. The van der Waals surface area contributed by atoms with Crippen LogP contribution in [0.1, 0.15) is 30.7 Å². The van der Waals surface area contributed by atoms with Crippen LogP contribution in [0.2, 0.25) is 5.02 Å². The molecule has 2 heterocycles. The lowest BCUT2D eigenvalue weighted by atomic mass is 10.1. The number of aryl methyl sites for hydroxylation is 2. The first-order chi connectivity index (χ1) is 14.0. The van der Waals surface area contributed by atoms with Gasteiger partial charge in [-0.2, -0.15) is 4.98 Å². The standard InChI is InChI=1S/C21H27ClN4O3/c1-15-12-17(6-7-18(15)22)29-14-20(27)23-8-11-28-21-13-19(24-16(2)25-21)26-9-4-3-5-10-26/h6-7,12-13H,3-5,8-11,14H2,1-2H3,(H,23,27). The van der Waals surface area contributed by atoms with Crippen molar-refractivity contribution in [3.63, 3.8) is 0 Å². The van der Waals surface area contributed by atoms with Crippen molar-refractivity contribution in [1.29, 1.82) is 0 Å². The number of rotatable bonds is 8. The first kappa shape index (κ1) is 21.2. The highest BCUT2D eigenvalue weighted by molar-refractivity contribution is 6.31. The van der Waals surface area contributed by atoms with Gasteiger partial charge >= 0.3 is 0 Å². The van der Waals surface area contributed by atoms with Crippen molar-refractivity contribution in [3.05, 3.63) is 40.7 Å². The molecule has 1 aromatic heterocycles. The number of anilines is 1. The van der Waals surface area contributed by atoms with E-state index in [4.69, 9.17) is 21.1 Å². The lowest BCUT2D eigenvalue weighted by molar-refractivity contribution is -0.123. The Morgan fingerprint density at radius 2 is 1.93 bits per heavy atom. The molecule has 1 aliphatic rings. The lowest BCUT2D eigenvalue weighted by Gasteiger charge is -2.28. The van der Waals surface area contributed by atoms with E-state index in [1.54, 1.807) is 18.2 Å². The molecule has 0 saturated carbocycles. The number of ether oxygens (including phenoxy) is 2. The normalized spacial score (nSPS) is 13.8. The van der Waals surface area contributed by atoms with E-state index < -0.39 is 0 Å². The molecule has 1 aliphatic heterocycles. The Hall–Kier alpha value is -2.54. The number of piperidine rings is 1. The van der Waals surface area contributed by atoms with Gasteiger partial charge in [0.2, 0.25) is 5.88 Å². The summed E-state index contributed by atoms with van der Waals surface area (Å²) >= 11 is 5.98. The summed E-state index contributed by atoms with van der Waals surface area (Å²) in [4.78, 5) is 23.1. The van der Waals surface area contributed by atoms with Gasteiger partial charge < -0.3 is 19.7 Å². The van der Waals surface area contributed by atoms with E-state index in [1.165, 1.54) is 19.3 Å². The third-order valence-corrected chi connectivity index (χ3v) is 5.08. The molecule has 0 unspecified atom stereocenters. The monoisotopic (exact) mass is 418 g/mol. The van der Waals surface area contributed by atoms with Crippen LogP contribution in [0.5, 0.6) is 11.6 Å². The highest BCUT2D eigenvalue weighted by Crippen LogP contribution is 2.22. The molecule has 7 nitrogen and oxygen atoms in total. The summed E-state index contributed by atoms with van der Waals surface area (Å²) in [5.74, 6) is 2.51. The van der Waals surface area contributed by atoms with E-state index in [9.17, 15) is 4.79 Å². The zero-order valence-corrected chi connectivity index (χ0v) is 17.7. The Balaban J connectivity index is 1.41. The molecule has 1 amide bonds. The molecule has 29 heavy (non-hydrogen) atoms. The molecule has 0 radical (unpaired) electrons. The Labute approximate surface area is 176 Å². The summed E-state index contributed by atoms with van der Waals surface area (Å²) in [5, 5.41) is 3.44. The summed E-state index contributed by atoms with van der Waals surface area (Å²) in [5.41, 5.74) is 0.905. The molecule has 1 N–H and O–H groups in total. The zero-order valence-electron chi connectivity index (χ0n) is 16.9. The van der Waals surface area contributed by atoms with Crippen LogP contribution < -0.4 is 19.7 Å². The topological polar surface area (TPSA) is 76.6 Å². The van der Waals surface area contributed by atoms with Crippen molar-refractivity contribution in [2.24, 2.45) is 0 Å². The van der Waals surface area contributed by atoms with E-state index in [0.29, 0.717) is 35.6 Å². The van der Waals surface area contributed by atoms with Crippen molar-refractivity contribution in [1.82, 2.24) is 15.3 Å². The van der Waals surface area contributed by atoms with Gasteiger partial charge in [-0.05, 0) is 56.9 Å². The van der Waals surface area contributed by atoms with Crippen molar-refractivity contribution in [2.45, 2.75) is 33.1 Å². The maximum absolute atomic E-state index is 11.9. The minimum atomic E-state index is -0.214. The fourth-order valence-corrected chi connectivity index (χ4v) is 3.25. The van der Waals surface area contributed by atoms with Crippen molar-refractivity contribution in [2.75, 3.05) is 37.7 Å². The molecular formula is C21H27ClN4O3. The van der Waals surface area contributed by atoms with Gasteiger partial charge in [-0.15, -0.1) is 0 Å². The maximum atomic E-state index is 11.9. The van der Waals surface area contributed by atoms with Crippen LogP contribution in [0.3, 0.4) is 0 Å². The average molecular weight is 419 g/mol. The number of nitrogens with zero attached hydrogens (tertiary/aromatic N) is 3. The van der Waals surface area contributed by atoms with Gasteiger partial charge in [0.15, 0.2) is 6.61 Å². The Morgan fingerprint density at radius 1 is 1.14 bits per heavy atom. The number of nitrogens with one attached hydrogen (secondary N) is 1. The summed E-state index contributed by atoms with van der Waals surface area (Å²) in [6.45, 7) is 6.40. The van der Waals surface area contributed by atoms with E-state index in [1.807, 2.05) is 19.9 Å². The third kappa shape index (κ3) is 6.49. The highest BCUT2D eigenvalue weighted by Gasteiger charge is 2.14. The Kier molecular flexibility index (Phi) is 7.52. The van der Waals surface area contributed by atoms with Crippen LogP contribution in [0, 0.1) is 13.8 Å². The lowest BCUT2D eigenvalue weighted by Crippen LogP contribution is -2.32. The maximum Gasteiger partial charge on any atom is 0.258 e. The number of amides is 1. The fourth-order valence-electron chi connectivity index (χ4n) is 3.14. The Bertz CT molecular complexity index is 841. The van der Waals surface area contributed by atoms with Gasteiger partial charge in [0.25, 0.3) is 5.91 Å². The molecule has 0 aliphatic carbocycles. The summed E-state index contributed by atoms with van der Waals surface area (Å²) in [6.07, 6.45) is 3.64. The van der Waals surface area contributed by atoms with Crippen LogP contribution in [0.4, 0.5) is 5.82 Å². The molecule has 1 fully saturated rings. The van der Waals surface area contributed by atoms with Crippen LogP contribution in [0.15, 0.2) is 24.3 Å². The minimum Gasteiger partial charge on any atom is -0.484 e. The fraction of sp³-hybridized carbons (Fsp3) is 0.476. The number of benzene rings is 1. The molecule has 1 saturated heterocycles. The molecule has 0 bridgehead atoms. The van der Waals surface area contributed by atoms with Gasteiger partial charge in [0.05, 0.1) is 6.54 Å².